The molecular formula is C28H41N2O+. The quantitative estimate of drug-likeness (QED) is 0.263. The normalized spacial score (nSPS) is 12.5. The number of rotatable bonds is 10. The van der Waals surface area contributed by atoms with E-state index in [-0.39, 0.29) is 10.8 Å². The molecule has 0 aliphatic rings. The van der Waals surface area contributed by atoms with Crippen molar-refractivity contribution >= 4 is 11.0 Å². The van der Waals surface area contributed by atoms with Gasteiger partial charge in [-0.25, -0.2) is 9.13 Å². The maximum atomic E-state index is 6.34. The lowest BCUT2D eigenvalue weighted by molar-refractivity contribution is -0.645. The SMILES string of the molecule is CCC(C)(C)c1ccc(OCCCCn2c[n+](C)c3ccccc32)c(C(C)(C)CC)c1. The standard InChI is InChI=1S/C28H41N2O/c1-8-27(3,4)22-16-17-26(23(20-22)28(5,6)9-2)31-19-13-12-18-30-21-29(7)24-14-10-11-15-25(24)30/h10-11,14-17,20-21H,8-9,12-13,18-19H2,1-7H3/q+1. The van der Waals surface area contributed by atoms with E-state index in [1.165, 1.54) is 22.2 Å². The smallest absolute Gasteiger partial charge is 0.244 e. The summed E-state index contributed by atoms with van der Waals surface area (Å²) in [7, 11) is 2.11. The molecule has 0 unspecified atom stereocenters. The van der Waals surface area contributed by atoms with E-state index in [4.69, 9.17) is 4.74 Å². The Morgan fingerprint density at radius 3 is 2.32 bits per heavy atom. The monoisotopic (exact) mass is 421 g/mol. The third-order valence-corrected chi connectivity index (χ3v) is 7.19. The first-order chi connectivity index (χ1) is 14.7. The lowest BCUT2D eigenvalue weighted by atomic mass is 9.76. The van der Waals surface area contributed by atoms with Crippen molar-refractivity contribution < 1.29 is 9.30 Å². The van der Waals surface area contributed by atoms with Crippen LogP contribution in [-0.2, 0) is 24.4 Å². The summed E-state index contributed by atoms with van der Waals surface area (Å²) < 4.78 is 10.9. The van der Waals surface area contributed by atoms with E-state index in [0.717, 1.165) is 44.6 Å². The number of benzene rings is 2. The van der Waals surface area contributed by atoms with Gasteiger partial charge in [0.15, 0.2) is 11.0 Å². The lowest BCUT2D eigenvalue weighted by Crippen LogP contribution is -2.25. The third-order valence-electron chi connectivity index (χ3n) is 7.19. The fourth-order valence-corrected chi connectivity index (χ4v) is 4.08. The van der Waals surface area contributed by atoms with E-state index in [0.29, 0.717) is 0 Å². The maximum absolute atomic E-state index is 6.34. The van der Waals surface area contributed by atoms with Crippen molar-refractivity contribution in [3.05, 3.63) is 59.9 Å². The van der Waals surface area contributed by atoms with Crippen molar-refractivity contribution in [1.29, 1.82) is 0 Å². The molecule has 0 aliphatic carbocycles. The molecule has 0 saturated carbocycles. The van der Waals surface area contributed by atoms with Crippen LogP contribution in [0.25, 0.3) is 11.0 Å². The van der Waals surface area contributed by atoms with Crippen molar-refractivity contribution in [1.82, 2.24) is 4.57 Å². The van der Waals surface area contributed by atoms with Crippen molar-refractivity contribution in [2.24, 2.45) is 7.05 Å². The molecule has 0 N–H and O–H groups in total. The molecule has 2 aromatic carbocycles. The Morgan fingerprint density at radius 1 is 0.903 bits per heavy atom. The first-order valence-corrected chi connectivity index (χ1v) is 11.9. The van der Waals surface area contributed by atoms with Crippen LogP contribution in [0.1, 0.15) is 78.4 Å². The van der Waals surface area contributed by atoms with Gasteiger partial charge in [0.2, 0.25) is 6.33 Å². The molecule has 1 heterocycles. The molecule has 31 heavy (non-hydrogen) atoms. The van der Waals surface area contributed by atoms with Gasteiger partial charge in [-0.15, -0.1) is 0 Å². The van der Waals surface area contributed by atoms with Gasteiger partial charge >= 0.3 is 0 Å². The van der Waals surface area contributed by atoms with Crippen LogP contribution in [0.5, 0.6) is 5.75 Å². The predicted octanol–water partition coefficient (Wildman–Crippen LogP) is 6.70. The number of hydrogen-bond acceptors (Lipinski definition) is 1. The lowest BCUT2D eigenvalue weighted by Gasteiger charge is -2.30. The van der Waals surface area contributed by atoms with Gasteiger partial charge in [0, 0.05) is 5.56 Å². The number of aryl methyl sites for hydroxylation is 2. The number of ether oxygens (including phenoxy) is 1. The molecule has 0 bridgehead atoms. The summed E-state index contributed by atoms with van der Waals surface area (Å²) in [6, 6.07) is 15.5. The first-order valence-electron chi connectivity index (χ1n) is 11.9. The summed E-state index contributed by atoms with van der Waals surface area (Å²) in [5.41, 5.74) is 5.62. The Hall–Kier alpha value is -2.29. The topological polar surface area (TPSA) is 18.0 Å². The molecule has 3 heteroatoms. The van der Waals surface area contributed by atoms with Gasteiger partial charge in [-0.3, -0.25) is 0 Å². The molecule has 0 amide bonds. The fraction of sp³-hybridized carbons (Fsp3) is 0.536. The van der Waals surface area contributed by atoms with Gasteiger partial charge in [0.25, 0.3) is 0 Å². The van der Waals surface area contributed by atoms with Crippen LogP contribution >= 0.6 is 0 Å². The summed E-state index contributed by atoms with van der Waals surface area (Å²) in [4.78, 5) is 0. The Balaban J connectivity index is 1.65. The number of para-hydroxylation sites is 2. The molecule has 0 aliphatic heterocycles. The minimum atomic E-state index is 0.105. The summed E-state index contributed by atoms with van der Waals surface area (Å²) in [6.07, 6.45) is 6.57. The van der Waals surface area contributed by atoms with E-state index in [1.807, 2.05) is 0 Å². The van der Waals surface area contributed by atoms with Crippen LogP contribution in [0.15, 0.2) is 48.8 Å². The molecule has 168 valence electrons. The van der Waals surface area contributed by atoms with Gasteiger partial charge in [0.1, 0.15) is 5.75 Å². The van der Waals surface area contributed by atoms with E-state index < -0.39 is 0 Å². The fourth-order valence-electron chi connectivity index (χ4n) is 4.08. The predicted molar refractivity (Wildman–Crippen MR) is 131 cm³/mol. The number of imidazole rings is 1. The average Bonchev–Trinajstić information content (AvgIpc) is 3.09. The molecule has 3 rings (SSSR count). The van der Waals surface area contributed by atoms with E-state index in [2.05, 4.69) is 107 Å². The minimum absolute atomic E-state index is 0.105. The van der Waals surface area contributed by atoms with Crippen LogP contribution < -0.4 is 9.30 Å². The van der Waals surface area contributed by atoms with Gasteiger partial charge < -0.3 is 4.74 Å². The third kappa shape index (κ3) is 5.14. The second-order valence-electron chi connectivity index (χ2n) is 10.1. The number of nitrogens with zero attached hydrogens (tertiary/aromatic N) is 2. The highest BCUT2D eigenvalue weighted by molar-refractivity contribution is 5.71. The first kappa shape index (κ1) is 23.4. The molecule has 0 atom stereocenters. The van der Waals surface area contributed by atoms with E-state index in [9.17, 15) is 0 Å². The number of aromatic nitrogens is 2. The molecule has 0 fully saturated rings. The molecule has 1 aromatic heterocycles. The Kier molecular flexibility index (Phi) is 7.13. The van der Waals surface area contributed by atoms with Gasteiger partial charge in [-0.1, -0.05) is 65.8 Å². The van der Waals surface area contributed by atoms with Crippen LogP contribution in [0.2, 0.25) is 0 Å². The number of fused-ring (bicyclic) bond motifs is 1. The zero-order chi connectivity index (χ0) is 22.6. The van der Waals surface area contributed by atoms with Gasteiger partial charge in [0.05, 0.1) is 20.2 Å². The maximum Gasteiger partial charge on any atom is 0.244 e. The van der Waals surface area contributed by atoms with E-state index >= 15 is 0 Å². The van der Waals surface area contributed by atoms with Crippen molar-refractivity contribution in [3.8, 4) is 5.75 Å². The molecule has 0 saturated heterocycles. The van der Waals surface area contributed by atoms with Crippen LogP contribution in [0.4, 0.5) is 0 Å². The number of hydrogen-bond donors (Lipinski definition) is 0. The highest BCUT2D eigenvalue weighted by Gasteiger charge is 2.26. The summed E-state index contributed by atoms with van der Waals surface area (Å²) in [6.45, 7) is 15.6. The zero-order valence-corrected chi connectivity index (χ0v) is 20.7. The van der Waals surface area contributed by atoms with Crippen molar-refractivity contribution in [2.75, 3.05) is 6.61 Å². The molecular weight excluding hydrogens is 380 g/mol. The van der Waals surface area contributed by atoms with Gasteiger partial charge in [-0.2, -0.15) is 0 Å². The largest absolute Gasteiger partial charge is 0.493 e. The van der Waals surface area contributed by atoms with E-state index in [1.54, 1.807) is 0 Å². The van der Waals surface area contributed by atoms with Crippen LogP contribution in [0.3, 0.4) is 0 Å². The molecule has 3 aromatic rings. The minimum Gasteiger partial charge on any atom is -0.493 e. The van der Waals surface area contributed by atoms with Crippen LogP contribution in [0, 0.1) is 0 Å². The van der Waals surface area contributed by atoms with Crippen molar-refractivity contribution in [3.63, 3.8) is 0 Å². The second-order valence-corrected chi connectivity index (χ2v) is 10.1. The zero-order valence-electron chi connectivity index (χ0n) is 20.7. The van der Waals surface area contributed by atoms with Crippen LogP contribution in [-0.4, -0.2) is 11.2 Å². The summed E-state index contributed by atoms with van der Waals surface area (Å²) >= 11 is 0. The highest BCUT2D eigenvalue weighted by Crippen LogP contribution is 2.38. The highest BCUT2D eigenvalue weighted by atomic mass is 16.5. The second kappa shape index (κ2) is 9.46. The molecule has 3 nitrogen and oxygen atoms in total. The van der Waals surface area contributed by atoms with Gasteiger partial charge in [-0.05, 0) is 60.3 Å². The summed E-state index contributed by atoms with van der Waals surface area (Å²) in [5.74, 6) is 1.06. The molecule has 0 radical (unpaired) electrons. The Bertz CT molecular complexity index is 1010. The Labute approximate surface area is 189 Å². The Morgan fingerprint density at radius 2 is 1.61 bits per heavy atom. The van der Waals surface area contributed by atoms with Crippen molar-refractivity contribution in [2.45, 2.75) is 84.6 Å². The molecule has 0 spiro atoms. The summed E-state index contributed by atoms with van der Waals surface area (Å²) in [5, 5.41) is 0. The average molecular weight is 422 g/mol. The number of unbranched alkanes of at least 4 members (excludes halogenated alkanes) is 1.